The molecule has 1 aromatic heterocycles. The van der Waals surface area contributed by atoms with Crippen molar-refractivity contribution < 1.29 is 9.53 Å². The van der Waals surface area contributed by atoms with Crippen LogP contribution in [-0.4, -0.2) is 28.8 Å². The number of hydrogen-bond donors (Lipinski definition) is 2. The number of ether oxygens (including phenoxy) is 1. The summed E-state index contributed by atoms with van der Waals surface area (Å²) in [5.41, 5.74) is 4.77. The molecule has 0 amide bonds. The molecule has 80 valence electrons. The van der Waals surface area contributed by atoms with E-state index in [1.54, 1.807) is 6.92 Å². The van der Waals surface area contributed by atoms with E-state index in [0.29, 0.717) is 0 Å². The van der Waals surface area contributed by atoms with Gasteiger partial charge in [0.1, 0.15) is 6.21 Å². The lowest BCUT2D eigenvalue weighted by Gasteiger charge is -1.96. The summed E-state index contributed by atoms with van der Waals surface area (Å²) in [5, 5.41) is 0. The summed E-state index contributed by atoms with van der Waals surface area (Å²) >= 11 is 0. The maximum Gasteiger partial charge on any atom is 0.349 e. The normalized spacial score (nSPS) is 10.5. The second-order valence-electron chi connectivity index (χ2n) is 2.48. The predicted molar refractivity (Wildman–Crippen MR) is 54.1 cm³/mol. The molecule has 1 aromatic rings. The van der Waals surface area contributed by atoms with E-state index in [2.05, 4.69) is 19.7 Å². The Bertz CT molecular complexity index is 438. The maximum absolute atomic E-state index is 11.2. The number of rotatable bonds is 3. The van der Waals surface area contributed by atoms with Gasteiger partial charge in [0.2, 0.25) is 0 Å². The van der Waals surface area contributed by atoms with Crippen molar-refractivity contribution in [3.05, 3.63) is 16.7 Å². The van der Waals surface area contributed by atoms with Crippen LogP contribution >= 0.6 is 0 Å². The summed E-state index contributed by atoms with van der Waals surface area (Å²) in [6.07, 6.45) is 2.03. The third kappa shape index (κ3) is 2.90. The highest BCUT2D eigenvalue weighted by molar-refractivity contribution is 6.23. The van der Waals surface area contributed by atoms with E-state index < -0.39 is 11.5 Å². The van der Waals surface area contributed by atoms with Crippen molar-refractivity contribution in [3.8, 4) is 0 Å². The number of carbonyl (C=O) groups excluding carboxylic acids is 1. The van der Waals surface area contributed by atoms with Crippen LogP contribution in [0.1, 0.15) is 6.92 Å². The van der Waals surface area contributed by atoms with Gasteiger partial charge in [-0.05, 0) is 6.92 Å². The minimum Gasteiger partial charge on any atom is -0.462 e. The van der Waals surface area contributed by atoms with E-state index in [1.807, 2.05) is 0 Å². The van der Waals surface area contributed by atoms with Crippen LogP contribution in [0.3, 0.4) is 0 Å². The molecule has 1 rings (SSSR count). The number of H-pyrrole nitrogens is 1. The van der Waals surface area contributed by atoms with E-state index in [1.165, 1.54) is 0 Å². The number of anilines is 1. The van der Waals surface area contributed by atoms with E-state index >= 15 is 0 Å². The van der Waals surface area contributed by atoms with Gasteiger partial charge in [-0.1, -0.05) is 0 Å². The van der Waals surface area contributed by atoms with Gasteiger partial charge in [0, 0.05) is 0 Å². The Morgan fingerprint density at radius 2 is 2.53 bits per heavy atom. The first-order valence-electron chi connectivity index (χ1n) is 4.19. The molecule has 0 aliphatic rings. The number of aromatic amines is 1. The average molecular weight is 210 g/mol. The van der Waals surface area contributed by atoms with Gasteiger partial charge in [-0.2, -0.15) is 0 Å². The van der Waals surface area contributed by atoms with Crippen molar-refractivity contribution >= 4 is 23.7 Å². The first-order chi connectivity index (χ1) is 7.15. The fourth-order valence-corrected chi connectivity index (χ4v) is 0.828. The van der Waals surface area contributed by atoms with Gasteiger partial charge >= 0.3 is 5.97 Å². The zero-order valence-electron chi connectivity index (χ0n) is 8.06. The molecule has 0 saturated carbocycles. The molecule has 1 heterocycles. The molecule has 7 nitrogen and oxygen atoms in total. The largest absolute Gasteiger partial charge is 0.462 e. The number of esters is 1. The number of nitrogens with two attached hydrogens (primary N) is 1. The number of nitrogens with zero attached hydrogens (tertiary/aromatic N) is 2. The SMILES string of the molecule is CCOC(=O)C=Nc1c(N)nc[nH]c1=O. The second kappa shape index (κ2) is 4.89. The van der Waals surface area contributed by atoms with E-state index in [4.69, 9.17) is 5.73 Å². The van der Waals surface area contributed by atoms with Gasteiger partial charge < -0.3 is 15.5 Å². The number of nitrogen functional groups attached to an aromatic ring is 1. The fourth-order valence-electron chi connectivity index (χ4n) is 0.828. The minimum atomic E-state index is -0.639. The van der Waals surface area contributed by atoms with Crippen LogP contribution in [0.25, 0.3) is 0 Å². The third-order valence-electron chi connectivity index (χ3n) is 1.44. The van der Waals surface area contributed by atoms with Crippen molar-refractivity contribution in [1.82, 2.24) is 9.97 Å². The maximum atomic E-state index is 11.2. The highest BCUT2D eigenvalue weighted by Crippen LogP contribution is 2.09. The summed E-state index contributed by atoms with van der Waals surface area (Å²) < 4.78 is 4.58. The van der Waals surface area contributed by atoms with Gasteiger partial charge in [0.25, 0.3) is 5.56 Å². The van der Waals surface area contributed by atoms with Crippen molar-refractivity contribution in [1.29, 1.82) is 0 Å². The quantitative estimate of drug-likeness (QED) is 0.521. The number of aromatic nitrogens is 2. The van der Waals surface area contributed by atoms with Crippen molar-refractivity contribution in [3.63, 3.8) is 0 Å². The lowest BCUT2D eigenvalue weighted by atomic mass is 10.5. The summed E-state index contributed by atoms with van der Waals surface area (Å²) in [6.45, 7) is 1.90. The van der Waals surface area contributed by atoms with Crippen molar-refractivity contribution in [2.75, 3.05) is 12.3 Å². The Balaban J connectivity index is 2.90. The fraction of sp³-hybridized carbons (Fsp3) is 0.250. The van der Waals surface area contributed by atoms with Crippen LogP contribution in [0.2, 0.25) is 0 Å². The molecule has 15 heavy (non-hydrogen) atoms. The highest BCUT2D eigenvalue weighted by atomic mass is 16.5. The molecule has 0 aliphatic carbocycles. The third-order valence-corrected chi connectivity index (χ3v) is 1.44. The molecule has 0 fully saturated rings. The van der Waals surface area contributed by atoms with Gasteiger partial charge in [-0.3, -0.25) is 4.79 Å². The monoisotopic (exact) mass is 210 g/mol. The summed E-state index contributed by atoms with van der Waals surface area (Å²) in [7, 11) is 0. The van der Waals surface area contributed by atoms with Gasteiger partial charge in [0.05, 0.1) is 12.9 Å². The first kappa shape index (κ1) is 10.9. The number of hydrogen-bond acceptors (Lipinski definition) is 6. The molecule has 0 bridgehead atoms. The first-order valence-corrected chi connectivity index (χ1v) is 4.19. The predicted octanol–water partition coefficient (Wildman–Crippen LogP) is -0.382. The Kier molecular flexibility index (Phi) is 3.55. The molecule has 0 radical (unpaired) electrons. The van der Waals surface area contributed by atoms with Crippen LogP contribution in [-0.2, 0) is 9.53 Å². The zero-order chi connectivity index (χ0) is 11.3. The van der Waals surface area contributed by atoms with Gasteiger partial charge in [0.15, 0.2) is 11.5 Å². The van der Waals surface area contributed by atoms with Crippen LogP contribution in [0, 0.1) is 0 Å². The number of nitrogens with one attached hydrogen (secondary N) is 1. The molecule has 0 aliphatic heterocycles. The molecule has 0 unspecified atom stereocenters. The molecule has 0 saturated heterocycles. The molecule has 0 aromatic carbocycles. The Hall–Kier alpha value is -2.18. The Morgan fingerprint density at radius 1 is 1.80 bits per heavy atom. The summed E-state index contributed by atoms with van der Waals surface area (Å²) in [6, 6.07) is 0. The zero-order valence-corrected chi connectivity index (χ0v) is 8.06. The highest BCUT2D eigenvalue weighted by Gasteiger charge is 2.03. The summed E-state index contributed by atoms with van der Waals surface area (Å²) in [4.78, 5) is 31.6. The number of aliphatic imine (C=N–C) groups is 1. The van der Waals surface area contributed by atoms with Crippen molar-refractivity contribution in [2.45, 2.75) is 6.92 Å². The van der Waals surface area contributed by atoms with Crippen LogP contribution in [0.5, 0.6) is 0 Å². The molecule has 7 heteroatoms. The molecule has 0 spiro atoms. The van der Waals surface area contributed by atoms with E-state index in [0.717, 1.165) is 12.5 Å². The van der Waals surface area contributed by atoms with E-state index in [-0.39, 0.29) is 18.1 Å². The van der Waals surface area contributed by atoms with Crippen LogP contribution in [0.4, 0.5) is 11.5 Å². The van der Waals surface area contributed by atoms with Crippen molar-refractivity contribution in [2.24, 2.45) is 4.99 Å². The van der Waals surface area contributed by atoms with Crippen LogP contribution in [0.15, 0.2) is 16.1 Å². The lowest BCUT2D eigenvalue weighted by molar-refractivity contribution is -0.134. The van der Waals surface area contributed by atoms with Gasteiger partial charge in [-0.15, -0.1) is 0 Å². The van der Waals surface area contributed by atoms with E-state index in [9.17, 15) is 9.59 Å². The standard InChI is InChI=1S/C8H10N4O3/c1-2-15-5(13)3-10-6-7(9)11-4-12-8(6)14/h3-4H,2H2,1H3,(H3,9,11,12,14). The average Bonchev–Trinajstić information content (AvgIpc) is 2.17. The minimum absolute atomic E-state index is 0.0423. The topological polar surface area (TPSA) is 110 Å². The van der Waals surface area contributed by atoms with Crippen LogP contribution < -0.4 is 11.3 Å². The summed E-state index contributed by atoms with van der Waals surface area (Å²) in [5.74, 6) is -0.681. The number of carbonyl (C=O) groups is 1. The van der Waals surface area contributed by atoms with Gasteiger partial charge in [-0.25, -0.2) is 14.8 Å². The Labute approximate surface area is 85.0 Å². The second-order valence-corrected chi connectivity index (χ2v) is 2.48. The molecular weight excluding hydrogens is 200 g/mol. The molecular formula is C8H10N4O3. The smallest absolute Gasteiger partial charge is 0.349 e. The lowest BCUT2D eigenvalue weighted by Crippen LogP contribution is -2.10. The molecule has 3 N–H and O–H groups in total. The molecule has 0 atom stereocenters. The Morgan fingerprint density at radius 3 is 3.13 bits per heavy atom.